The minimum atomic E-state index is -3.84. The van der Waals surface area contributed by atoms with Crippen LogP contribution in [0, 0.1) is 0 Å². The van der Waals surface area contributed by atoms with E-state index in [9.17, 15) is 4.57 Å². The average molecular weight is 349 g/mol. The van der Waals surface area contributed by atoms with E-state index in [2.05, 4.69) is 6.92 Å². The van der Waals surface area contributed by atoms with Crippen LogP contribution in [0.3, 0.4) is 0 Å². The molecule has 0 aromatic carbocycles. The second-order valence-corrected chi connectivity index (χ2v) is 9.24. The second kappa shape index (κ2) is 15.7. The zero-order chi connectivity index (χ0) is 17.4. The van der Waals surface area contributed by atoms with Crippen molar-refractivity contribution in [1.29, 1.82) is 0 Å². The summed E-state index contributed by atoms with van der Waals surface area (Å²) in [5.41, 5.74) is -0.468. The summed E-state index contributed by atoms with van der Waals surface area (Å²) in [4.78, 5) is 18.0. The molecule has 1 unspecified atom stereocenters. The molecule has 2 N–H and O–H groups in total. The summed E-state index contributed by atoms with van der Waals surface area (Å²) in [5.74, 6) is 0. The minimum absolute atomic E-state index is 0.468. The molecule has 0 saturated heterocycles. The van der Waals surface area contributed by atoms with Crippen LogP contribution in [0.2, 0.25) is 0 Å². The summed E-state index contributed by atoms with van der Waals surface area (Å²) in [6.07, 6.45) is 20.5. The smallest absolute Gasteiger partial charge is 0.324 e. The van der Waals surface area contributed by atoms with Gasteiger partial charge < -0.3 is 9.79 Å². The van der Waals surface area contributed by atoms with Gasteiger partial charge in [-0.15, -0.1) is 0 Å². The Labute approximate surface area is 144 Å². The van der Waals surface area contributed by atoms with Crippen LogP contribution in [0.1, 0.15) is 117 Å². The van der Waals surface area contributed by atoms with Gasteiger partial charge in [-0.25, -0.2) is 0 Å². The quantitative estimate of drug-likeness (QED) is 0.224. The van der Waals surface area contributed by atoms with Crippen LogP contribution in [0.25, 0.3) is 0 Å². The molecule has 0 amide bonds. The van der Waals surface area contributed by atoms with Crippen molar-refractivity contribution in [2.24, 2.45) is 0 Å². The Morgan fingerprint density at radius 2 is 0.957 bits per heavy atom. The van der Waals surface area contributed by atoms with Crippen molar-refractivity contribution >= 4 is 7.60 Å². The van der Waals surface area contributed by atoms with E-state index < -0.39 is 13.3 Å². The van der Waals surface area contributed by atoms with E-state index in [0.717, 1.165) is 12.8 Å². The molecule has 0 aromatic heterocycles. The Morgan fingerprint density at radius 1 is 0.652 bits per heavy atom. The average Bonchev–Trinajstić information content (AvgIpc) is 2.50. The second-order valence-electron chi connectivity index (χ2n) is 7.18. The van der Waals surface area contributed by atoms with Gasteiger partial charge in [0.05, 0.1) is 5.66 Å². The molecule has 0 spiro atoms. The highest BCUT2D eigenvalue weighted by Crippen LogP contribution is 2.43. The molecule has 23 heavy (non-hydrogen) atoms. The zero-order valence-corrected chi connectivity index (χ0v) is 16.5. The molecule has 1 atom stereocenters. The van der Waals surface area contributed by atoms with Gasteiger partial charge in [0.25, 0.3) is 0 Å². The maximum absolute atomic E-state index is 11.0. The Hall–Kier alpha value is 0.150. The lowest BCUT2D eigenvalue weighted by atomic mass is 10.0. The maximum Gasteiger partial charge on any atom is 0.328 e. The SMILES string of the molecule is CCCCCCCCCCCCCCCCCC(C)P(=O)(O)O. The van der Waals surface area contributed by atoms with Crippen molar-refractivity contribution < 1.29 is 14.4 Å². The maximum atomic E-state index is 11.0. The van der Waals surface area contributed by atoms with E-state index >= 15 is 0 Å². The first kappa shape index (κ1) is 23.1. The van der Waals surface area contributed by atoms with E-state index in [4.69, 9.17) is 9.79 Å². The van der Waals surface area contributed by atoms with E-state index in [1.807, 2.05) is 0 Å². The lowest BCUT2D eigenvalue weighted by molar-refractivity contribution is 0.355. The predicted molar refractivity (Wildman–Crippen MR) is 101 cm³/mol. The molecule has 0 aromatic rings. The highest BCUT2D eigenvalue weighted by molar-refractivity contribution is 7.52. The normalized spacial score (nSPS) is 13.4. The van der Waals surface area contributed by atoms with Crippen molar-refractivity contribution in [2.45, 2.75) is 122 Å². The largest absolute Gasteiger partial charge is 0.328 e. The van der Waals surface area contributed by atoms with Crippen molar-refractivity contribution in [2.75, 3.05) is 0 Å². The Morgan fingerprint density at radius 3 is 1.26 bits per heavy atom. The molecule has 0 aliphatic rings. The van der Waals surface area contributed by atoms with Crippen LogP contribution in [-0.2, 0) is 4.57 Å². The van der Waals surface area contributed by atoms with Gasteiger partial charge in [-0.3, -0.25) is 4.57 Å². The fourth-order valence-electron chi connectivity index (χ4n) is 2.98. The zero-order valence-electron chi connectivity index (χ0n) is 15.6. The summed E-state index contributed by atoms with van der Waals surface area (Å²) in [6.45, 7) is 3.92. The first-order valence-corrected chi connectivity index (χ1v) is 11.7. The third kappa shape index (κ3) is 16.8. The fourth-order valence-corrected chi connectivity index (χ4v) is 3.50. The van der Waals surface area contributed by atoms with Crippen molar-refractivity contribution in [1.82, 2.24) is 0 Å². The number of hydrogen-bond acceptors (Lipinski definition) is 1. The lowest BCUT2D eigenvalue weighted by Gasteiger charge is -2.12. The van der Waals surface area contributed by atoms with E-state index in [-0.39, 0.29) is 0 Å². The molecule has 0 radical (unpaired) electrons. The van der Waals surface area contributed by atoms with Crippen molar-refractivity contribution in [3.63, 3.8) is 0 Å². The van der Waals surface area contributed by atoms with Crippen LogP contribution in [0.4, 0.5) is 0 Å². The van der Waals surface area contributed by atoms with Gasteiger partial charge >= 0.3 is 7.60 Å². The van der Waals surface area contributed by atoms with Gasteiger partial charge in [0.1, 0.15) is 0 Å². The highest BCUT2D eigenvalue weighted by Gasteiger charge is 2.22. The molecule has 0 rings (SSSR count). The molecule has 0 fully saturated rings. The van der Waals surface area contributed by atoms with Gasteiger partial charge in [0.15, 0.2) is 0 Å². The standard InChI is InChI=1S/C19H41O3P/c1-3-4-5-6-7-8-9-10-11-12-13-14-15-16-17-18-19(2)23(20,21)22/h19H,3-18H2,1-2H3,(H2,20,21,22). The molecule has 0 heterocycles. The van der Waals surface area contributed by atoms with Gasteiger partial charge in [0.2, 0.25) is 0 Å². The van der Waals surface area contributed by atoms with Crippen molar-refractivity contribution in [3.8, 4) is 0 Å². The monoisotopic (exact) mass is 348 g/mol. The van der Waals surface area contributed by atoms with Gasteiger partial charge in [0, 0.05) is 0 Å². The molecule has 3 nitrogen and oxygen atoms in total. The third-order valence-electron chi connectivity index (χ3n) is 4.80. The first-order chi connectivity index (χ1) is 11.0. The lowest BCUT2D eigenvalue weighted by Crippen LogP contribution is -2.02. The Balaban J connectivity index is 3.12. The van der Waals surface area contributed by atoms with Gasteiger partial charge in [-0.1, -0.05) is 110 Å². The summed E-state index contributed by atoms with van der Waals surface area (Å²) in [5, 5.41) is 0. The third-order valence-corrected chi connectivity index (χ3v) is 6.21. The number of hydrogen-bond donors (Lipinski definition) is 2. The minimum Gasteiger partial charge on any atom is -0.324 e. The molecule has 0 bridgehead atoms. The molecule has 0 aliphatic heterocycles. The van der Waals surface area contributed by atoms with Gasteiger partial charge in [-0.05, 0) is 6.42 Å². The van der Waals surface area contributed by atoms with Crippen molar-refractivity contribution in [3.05, 3.63) is 0 Å². The molecule has 0 saturated carbocycles. The van der Waals surface area contributed by atoms with E-state index in [1.54, 1.807) is 6.92 Å². The predicted octanol–water partition coefficient (Wildman–Crippen LogP) is 6.81. The van der Waals surface area contributed by atoms with Crippen LogP contribution in [0.15, 0.2) is 0 Å². The Kier molecular flexibility index (Phi) is 15.8. The summed E-state index contributed by atoms with van der Waals surface area (Å²) >= 11 is 0. The molecule has 0 aliphatic carbocycles. The van der Waals surface area contributed by atoms with Crippen LogP contribution in [-0.4, -0.2) is 15.4 Å². The van der Waals surface area contributed by atoms with Crippen LogP contribution < -0.4 is 0 Å². The topological polar surface area (TPSA) is 57.5 Å². The van der Waals surface area contributed by atoms with Crippen LogP contribution >= 0.6 is 7.60 Å². The summed E-state index contributed by atoms with van der Waals surface area (Å²) in [7, 11) is -3.84. The van der Waals surface area contributed by atoms with Gasteiger partial charge in [-0.2, -0.15) is 0 Å². The molecular weight excluding hydrogens is 307 g/mol. The highest BCUT2D eigenvalue weighted by atomic mass is 31.2. The molecular formula is C19H41O3P. The number of unbranched alkanes of at least 4 members (excludes halogenated alkanes) is 14. The fraction of sp³-hybridized carbons (Fsp3) is 1.00. The van der Waals surface area contributed by atoms with E-state index in [1.165, 1.54) is 83.5 Å². The first-order valence-electron chi connectivity index (χ1n) is 10.0. The van der Waals surface area contributed by atoms with E-state index in [0.29, 0.717) is 6.42 Å². The number of rotatable bonds is 17. The Bertz CT molecular complexity index is 288. The molecule has 140 valence electrons. The molecule has 4 heteroatoms. The summed E-state index contributed by atoms with van der Waals surface area (Å²) in [6, 6.07) is 0. The van der Waals surface area contributed by atoms with Crippen LogP contribution in [0.5, 0.6) is 0 Å². The summed E-state index contributed by atoms with van der Waals surface area (Å²) < 4.78 is 11.0.